The molecule has 1 aromatic heterocycles. The highest BCUT2D eigenvalue weighted by Gasteiger charge is 2.18. The van der Waals surface area contributed by atoms with Gasteiger partial charge in [-0.3, -0.25) is 4.79 Å². The van der Waals surface area contributed by atoms with Crippen molar-refractivity contribution in [3.8, 4) is 0 Å². The first-order chi connectivity index (χ1) is 8.74. The molecule has 0 spiro atoms. The lowest BCUT2D eigenvalue weighted by atomic mass is 10.2. The van der Waals surface area contributed by atoms with Crippen molar-refractivity contribution in [1.82, 2.24) is 4.90 Å². The van der Waals surface area contributed by atoms with Gasteiger partial charge in [-0.15, -0.1) is 11.6 Å². The summed E-state index contributed by atoms with van der Waals surface area (Å²) in [4.78, 5) is 14.0. The van der Waals surface area contributed by atoms with E-state index < -0.39 is 0 Å². The maximum absolute atomic E-state index is 12.3. The standard InChI is InChI=1S/C13H20ClNO3/c1-3-12-11(5-8-18-12)13(16)15(4-2)7-10-17-9-6-14/h5,8H,3-4,6-7,9-10H2,1-2H3. The first kappa shape index (κ1) is 15.1. The summed E-state index contributed by atoms with van der Waals surface area (Å²) in [5.41, 5.74) is 0.650. The molecule has 0 bridgehead atoms. The van der Waals surface area contributed by atoms with Gasteiger partial charge in [-0.05, 0) is 13.0 Å². The zero-order valence-corrected chi connectivity index (χ0v) is 11.7. The number of likely N-dealkylation sites (N-methyl/N-ethyl adjacent to an activating group) is 1. The van der Waals surface area contributed by atoms with Crippen LogP contribution in [0.1, 0.15) is 30.0 Å². The monoisotopic (exact) mass is 273 g/mol. The largest absolute Gasteiger partial charge is 0.469 e. The summed E-state index contributed by atoms with van der Waals surface area (Å²) in [5, 5.41) is 0. The van der Waals surface area contributed by atoms with Gasteiger partial charge >= 0.3 is 0 Å². The van der Waals surface area contributed by atoms with Crippen LogP contribution in [-0.2, 0) is 11.2 Å². The number of furan rings is 1. The van der Waals surface area contributed by atoms with Gasteiger partial charge < -0.3 is 14.1 Å². The molecule has 0 radical (unpaired) electrons. The van der Waals surface area contributed by atoms with Crippen LogP contribution in [0.2, 0.25) is 0 Å². The van der Waals surface area contributed by atoms with E-state index in [1.165, 1.54) is 0 Å². The average molecular weight is 274 g/mol. The third kappa shape index (κ3) is 4.03. The lowest BCUT2D eigenvalue weighted by Crippen LogP contribution is -2.34. The van der Waals surface area contributed by atoms with E-state index in [-0.39, 0.29) is 5.91 Å². The van der Waals surface area contributed by atoms with Crippen molar-refractivity contribution in [2.75, 3.05) is 32.2 Å². The van der Waals surface area contributed by atoms with E-state index in [2.05, 4.69) is 0 Å². The van der Waals surface area contributed by atoms with Crippen molar-refractivity contribution < 1.29 is 13.9 Å². The van der Waals surface area contributed by atoms with E-state index >= 15 is 0 Å². The van der Waals surface area contributed by atoms with Gasteiger partial charge in [0, 0.05) is 25.4 Å². The Labute approximate surface area is 113 Å². The fourth-order valence-electron chi connectivity index (χ4n) is 1.71. The minimum absolute atomic E-state index is 0.00225. The quantitative estimate of drug-likeness (QED) is 0.540. The topological polar surface area (TPSA) is 42.7 Å². The van der Waals surface area contributed by atoms with Crippen molar-refractivity contribution >= 4 is 17.5 Å². The summed E-state index contributed by atoms with van der Waals surface area (Å²) in [7, 11) is 0. The predicted molar refractivity (Wildman–Crippen MR) is 71.2 cm³/mol. The maximum Gasteiger partial charge on any atom is 0.257 e. The molecule has 102 valence electrons. The molecule has 0 aliphatic heterocycles. The van der Waals surface area contributed by atoms with E-state index in [9.17, 15) is 4.79 Å². The number of hydrogen-bond acceptors (Lipinski definition) is 3. The number of aryl methyl sites for hydroxylation is 1. The van der Waals surface area contributed by atoms with Crippen molar-refractivity contribution in [1.29, 1.82) is 0 Å². The highest BCUT2D eigenvalue weighted by molar-refractivity contribution is 6.17. The van der Waals surface area contributed by atoms with Crippen LogP contribution in [0.15, 0.2) is 16.7 Å². The number of hydrogen-bond donors (Lipinski definition) is 0. The van der Waals surface area contributed by atoms with Crippen LogP contribution in [-0.4, -0.2) is 43.0 Å². The van der Waals surface area contributed by atoms with Crippen molar-refractivity contribution in [2.24, 2.45) is 0 Å². The van der Waals surface area contributed by atoms with Crippen molar-refractivity contribution in [3.05, 3.63) is 23.7 Å². The van der Waals surface area contributed by atoms with E-state index in [1.54, 1.807) is 17.2 Å². The highest BCUT2D eigenvalue weighted by atomic mass is 35.5. The molecule has 0 unspecified atom stereocenters. The number of amides is 1. The number of carbonyl (C=O) groups is 1. The molecule has 1 amide bonds. The first-order valence-corrected chi connectivity index (χ1v) is 6.77. The fourth-order valence-corrected chi connectivity index (χ4v) is 1.82. The van der Waals surface area contributed by atoms with Gasteiger partial charge in [-0.1, -0.05) is 6.92 Å². The molecule has 1 rings (SSSR count). The summed E-state index contributed by atoms with van der Waals surface area (Å²) >= 11 is 5.52. The van der Waals surface area contributed by atoms with Gasteiger partial charge in [0.25, 0.3) is 5.91 Å². The molecule has 0 fully saturated rings. The molecule has 4 nitrogen and oxygen atoms in total. The minimum atomic E-state index is -0.00225. The predicted octanol–water partition coefficient (Wildman–Crippen LogP) is 2.56. The second kappa shape index (κ2) is 8.16. The molecular weight excluding hydrogens is 254 g/mol. The molecule has 18 heavy (non-hydrogen) atoms. The van der Waals surface area contributed by atoms with Gasteiger partial charge in [0.15, 0.2) is 0 Å². The average Bonchev–Trinajstić information content (AvgIpc) is 2.86. The first-order valence-electron chi connectivity index (χ1n) is 6.23. The molecule has 0 aliphatic carbocycles. The molecule has 5 heteroatoms. The van der Waals surface area contributed by atoms with Gasteiger partial charge in [0.1, 0.15) is 5.76 Å². The third-order valence-corrected chi connectivity index (χ3v) is 2.85. The number of halogens is 1. The smallest absolute Gasteiger partial charge is 0.257 e. The summed E-state index contributed by atoms with van der Waals surface area (Å²) < 4.78 is 10.6. The Morgan fingerprint density at radius 3 is 2.83 bits per heavy atom. The number of nitrogens with zero attached hydrogens (tertiary/aromatic N) is 1. The highest BCUT2D eigenvalue weighted by Crippen LogP contribution is 2.13. The normalized spacial score (nSPS) is 10.6. The zero-order chi connectivity index (χ0) is 13.4. The number of alkyl halides is 1. The van der Waals surface area contributed by atoms with Crippen LogP contribution in [0.4, 0.5) is 0 Å². The van der Waals surface area contributed by atoms with Crippen LogP contribution in [0.5, 0.6) is 0 Å². The molecule has 0 aromatic carbocycles. The van der Waals surface area contributed by atoms with E-state index in [0.717, 1.165) is 5.76 Å². The fraction of sp³-hybridized carbons (Fsp3) is 0.615. The second-order valence-corrected chi connectivity index (χ2v) is 4.18. The van der Waals surface area contributed by atoms with Crippen molar-refractivity contribution in [3.63, 3.8) is 0 Å². The Balaban J connectivity index is 2.56. The van der Waals surface area contributed by atoms with Crippen LogP contribution in [0.25, 0.3) is 0 Å². The SMILES string of the molecule is CCc1occc1C(=O)N(CC)CCOCCCl. The maximum atomic E-state index is 12.3. The van der Waals surface area contributed by atoms with Gasteiger partial charge in [0.05, 0.1) is 25.0 Å². The molecule has 0 saturated carbocycles. The summed E-state index contributed by atoms with van der Waals surface area (Å²) in [5.74, 6) is 1.21. The summed E-state index contributed by atoms with van der Waals surface area (Å²) in [6, 6.07) is 1.73. The number of carbonyl (C=O) groups excluding carboxylic acids is 1. The Kier molecular flexibility index (Phi) is 6.83. The number of rotatable bonds is 8. The van der Waals surface area contributed by atoms with Crippen LogP contribution in [0.3, 0.4) is 0 Å². The molecular formula is C13H20ClNO3. The third-order valence-electron chi connectivity index (χ3n) is 2.69. The van der Waals surface area contributed by atoms with E-state index in [0.29, 0.717) is 44.2 Å². The molecule has 0 aliphatic rings. The van der Waals surface area contributed by atoms with Crippen LogP contribution in [0, 0.1) is 0 Å². The Bertz CT molecular complexity index is 365. The van der Waals surface area contributed by atoms with Crippen molar-refractivity contribution in [2.45, 2.75) is 20.3 Å². The van der Waals surface area contributed by atoms with E-state index in [4.69, 9.17) is 20.8 Å². The zero-order valence-electron chi connectivity index (χ0n) is 10.9. The minimum Gasteiger partial charge on any atom is -0.469 e. The van der Waals surface area contributed by atoms with Gasteiger partial charge in [0.2, 0.25) is 0 Å². The lowest BCUT2D eigenvalue weighted by molar-refractivity contribution is 0.0669. The summed E-state index contributed by atoms with van der Waals surface area (Å²) in [6.07, 6.45) is 2.28. The molecule has 1 heterocycles. The van der Waals surface area contributed by atoms with Gasteiger partial charge in [-0.25, -0.2) is 0 Å². The second-order valence-electron chi connectivity index (χ2n) is 3.80. The molecule has 0 N–H and O–H groups in total. The molecule has 0 saturated heterocycles. The Morgan fingerprint density at radius 2 is 2.22 bits per heavy atom. The van der Waals surface area contributed by atoms with E-state index in [1.807, 2.05) is 13.8 Å². The van der Waals surface area contributed by atoms with Crippen LogP contribution < -0.4 is 0 Å². The molecule has 1 aromatic rings. The molecule has 0 atom stereocenters. The number of ether oxygens (including phenoxy) is 1. The van der Waals surface area contributed by atoms with Gasteiger partial charge in [-0.2, -0.15) is 0 Å². The lowest BCUT2D eigenvalue weighted by Gasteiger charge is -2.20. The Hall–Kier alpha value is -1.00. The Morgan fingerprint density at radius 1 is 1.44 bits per heavy atom. The van der Waals surface area contributed by atoms with Crippen LogP contribution >= 0.6 is 11.6 Å². The summed E-state index contributed by atoms with van der Waals surface area (Å²) in [6.45, 7) is 6.16.